The van der Waals surface area contributed by atoms with Gasteiger partial charge in [0.1, 0.15) is 0 Å². The SMILES string of the molecule is CC(C)(C)C1=C2CN(C1=O)c1ccccc12. The van der Waals surface area contributed by atoms with E-state index < -0.39 is 0 Å². The van der Waals surface area contributed by atoms with Gasteiger partial charge in [0, 0.05) is 11.1 Å². The van der Waals surface area contributed by atoms with Crippen molar-refractivity contribution in [3.63, 3.8) is 0 Å². The van der Waals surface area contributed by atoms with Crippen molar-refractivity contribution >= 4 is 17.2 Å². The van der Waals surface area contributed by atoms with Crippen LogP contribution in [0.4, 0.5) is 5.69 Å². The van der Waals surface area contributed by atoms with Crippen LogP contribution in [0.3, 0.4) is 0 Å². The maximum atomic E-state index is 12.2. The standard InChI is InChI=1S/C14H15NO/c1-14(2,3)12-10-8-15(13(12)16)11-7-5-4-6-9(10)11/h4-7H,8H2,1-3H3. The molecule has 82 valence electrons. The first-order valence-corrected chi connectivity index (χ1v) is 5.65. The number of fused-ring (bicyclic) bond motifs is 5. The summed E-state index contributed by atoms with van der Waals surface area (Å²) in [6.45, 7) is 7.10. The van der Waals surface area contributed by atoms with Crippen LogP contribution >= 0.6 is 0 Å². The largest absolute Gasteiger partial charge is 0.304 e. The van der Waals surface area contributed by atoms with E-state index in [1.54, 1.807) is 0 Å². The predicted octanol–water partition coefficient (Wildman–Crippen LogP) is 2.85. The highest BCUT2D eigenvalue weighted by molar-refractivity contribution is 6.22. The number of benzene rings is 1. The molecule has 0 N–H and O–H groups in total. The number of amides is 1. The Kier molecular flexibility index (Phi) is 1.66. The van der Waals surface area contributed by atoms with Gasteiger partial charge < -0.3 is 4.90 Å². The molecule has 16 heavy (non-hydrogen) atoms. The Hall–Kier alpha value is -1.57. The molecule has 1 amide bonds. The summed E-state index contributed by atoms with van der Waals surface area (Å²) in [5.74, 6) is 0.196. The Morgan fingerprint density at radius 2 is 1.88 bits per heavy atom. The maximum absolute atomic E-state index is 12.2. The third-order valence-electron chi connectivity index (χ3n) is 3.35. The van der Waals surface area contributed by atoms with Gasteiger partial charge in [0.15, 0.2) is 0 Å². The summed E-state index contributed by atoms with van der Waals surface area (Å²) in [5, 5.41) is 0. The molecule has 0 saturated heterocycles. The van der Waals surface area contributed by atoms with E-state index in [2.05, 4.69) is 26.8 Å². The Balaban J connectivity index is 2.27. The molecule has 2 bridgehead atoms. The van der Waals surface area contributed by atoms with Gasteiger partial charge in [-0.2, -0.15) is 0 Å². The van der Waals surface area contributed by atoms with E-state index in [1.807, 2.05) is 23.1 Å². The van der Waals surface area contributed by atoms with Gasteiger partial charge in [-0.3, -0.25) is 4.79 Å². The van der Waals surface area contributed by atoms with Crippen LogP contribution in [0.2, 0.25) is 0 Å². The fourth-order valence-electron chi connectivity index (χ4n) is 2.73. The molecular formula is C14H15NO. The lowest BCUT2D eigenvalue weighted by molar-refractivity contribution is -0.115. The van der Waals surface area contributed by atoms with E-state index in [4.69, 9.17) is 0 Å². The topological polar surface area (TPSA) is 20.3 Å². The van der Waals surface area contributed by atoms with Crippen LogP contribution in [0, 0.1) is 5.41 Å². The second-order valence-corrected chi connectivity index (χ2v) is 5.51. The van der Waals surface area contributed by atoms with Crippen molar-refractivity contribution in [3.8, 4) is 0 Å². The zero-order chi connectivity index (χ0) is 11.5. The van der Waals surface area contributed by atoms with E-state index in [9.17, 15) is 4.79 Å². The van der Waals surface area contributed by atoms with Gasteiger partial charge in [-0.1, -0.05) is 39.0 Å². The highest BCUT2D eigenvalue weighted by atomic mass is 16.2. The molecular weight excluding hydrogens is 198 g/mol. The lowest BCUT2D eigenvalue weighted by atomic mass is 9.81. The number of hydrogen-bond acceptors (Lipinski definition) is 1. The van der Waals surface area contributed by atoms with Gasteiger partial charge in [-0.15, -0.1) is 0 Å². The monoisotopic (exact) mass is 213 g/mol. The second kappa shape index (κ2) is 2.76. The van der Waals surface area contributed by atoms with Crippen LogP contribution in [0.1, 0.15) is 26.3 Å². The molecule has 3 rings (SSSR count). The quantitative estimate of drug-likeness (QED) is 0.649. The minimum absolute atomic E-state index is 0.0608. The Morgan fingerprint density at radius 1 is 1.19 bits per heavy atom. The molecule has 2 aliphatic rings. The summed E-state index contributed by atoms with van der Waals surface area (Å²) in [5.41, 5.74) is 4.48. The van der Waals surface area contributed by atoms with Gasteiger partial charge in [0.05, 0.1) is 12.2 Å². The van der Waals surface area contributed by atoms with Crippen molar-refractivity contribution in [2.24, 2.45) is 5.41 Å². The molecule has 2 aliphatic heterocycles. The number of carbonyl (C=O) groups is 1. The Labute approximate surface area is 95.6 Å². The lowest BCUT2D eigenvalue weighted by Gasteiger charge is -2.26. The summed E-state index contributed by atoms with van der Waals surface area (Å²) < 4.78 is 0. The maximum Gasteiger partial charge on any atom is 0.255 e. The molecule has 0 aliphatic carbocycles. The first kappa shape index (κ1) is 9.64. The van der Waals surface area contributed by atoms with E-state index in [0.717, 1.165) is 17.8 Å². The van der Waals surface area contributed by atoms with Gasteiger partial charge >= 0.3 is 0 Å². The van der Waals surface area contributed by atoms with Crippen molar-refractivity contribution in [2.75, 3.05) is 11.4 Å². The molecule has 1 aromatic carbocycles. The van der Waals surface area contributed by atoms with Crippen LogP contribution in [0.25, 0.3) is 5.57 Å². The van der Waals surface area contributed by atoms with E-state index in [1.165, 1.54) is 11.1 Å². The van der Waals surface area contributed by atoms with Crippen molar-refractivity contribution in [2.45, 2.75) is 20.8 Å². The number of para-hydroxylation sites is 1. The molecule has 0 unspecified atom stereocenters. The minimum atomic E-state index is -0.0608. The van der Waals surface area contributed by atoms with E-state index in [0.29, 0.717) is 0 Å². The average Bonchev–Trinajstić information content (AvgIpc) is 2.72. The zero-order valence-corrected chi connectivity index (χ0v) is 9.87. The van der Waals surface area contributed by atoms with Gasteiger partial charge in [0.25, 0.3) is 5.91 Å². The van der Waals surface area contributed by atoms with Crippen molar-refractivity contribution < 1.29 is 4.79 Å². The van der Waals surface area contributed by atoms with Crippen LogP contribution in [0.15, 0.2) is 29.8 Å². The summed E-state index contributed by atoms with van der Waals surface area (Å²) in [7, 11) is 0. The summed E-state index contributed by atoms with van der Waals surface area (Å²) >= 11 is 0. The number of hydrogen-bond donors (Lipinski definition) is 0. The fraction of sp³-hybridized carbons (Fsp3) is 0.357. The number of anilines is 1. The fourth-order valence-corrected chi connectivity index (χ4v) is 2.73. The van der Waals surface area contributed by atoms with Gasteiger partial charge in [-0.25, -0.2) is 0 Å². The smallest absolute Gasteiger partial charge is 0.255 e. The van der Waals surface area contributed by atoms with Crippen LogP contribution in [-0.2, 0) is 4.79 Å². The van der Waals surface area contributed by atoms with Crippen LogP contribution in [0.5, 0.6) is 0 Å². The zero-order valence-electron chi connectivity index (χ0n) is 9.87. The minimum Gasteiger partial charge on any atom is -0.304 e. The third kappa shape index (κ3) is 1.04. The third-order valence-corrected chi connectivity index (χ3v) is 3.35. The second-order valence-electron chi connectivity index (χ2n) is 5.51. The lowest BCUT2D eigenvalue weighted by Crippen LogP contribution is -2.30. The molecule has 2 nitrogen and oxygen atoms in total. The van der Waals surface area contributed by atoms with Crippen LogP contribution < -0.4 is 4.90 Å². The summed E-state index contributed by atoms with van der Waals surface area (Å²) in [4.78, 5) is 14.1. The van der Waals surface area contributed by atoms with Crippen molar-refractivity contribution in [1.82, 2.24) is 0 Å². The molecule has 0 saturated carbocycles. The van der Waals surface area contributed by atoms with E-state index >= 15 is 0 Å². The molecule has 1 aromatic rings. The molecule has 0 spiro atoms. The average molecular weight is 213 g/mol. The molecule has 0 radical (unpaired) electrons. The van der Waals surface area contributed by atoms with Crippen molar-refractivity contribution in [1.29, 1.82) is 0 Å². The summed E-state index contributed by atoms with van der Waals surface area (Å²) in [6.07, 6.45) is 0. The molecule has 0 atom stereocenters. The van der Waals surface area contributed by atoms with Crippen molar-refractivity contribution in [3.05, 3.63) is 35.4 Å². The molecule has 0 aromatic heterocycles. The van der Waals surface area contributed by atoms with Crippen LogP contribution in [-0.4, -0.2) is 12.5 Å². The highest BCUT2D eigenvalue weighted by Crippen LogP contribution is 2.48. The number of rotatable bonds is 0. The predicted molar refractivity (Wildman–Crippen MR) is 65.2 cm³/mol. The van der Waals surface area contributed by atoms with E-state index in [-0.39, 0.29) is 11.3 Å². The highest BCUT2D eigenvalue weighted by Gasteiger charge is 2.43. The number of carbonyl (C=O) groups excluding carboxylic acids is 1. The number of nitrogens with zero attached hydrogens (tertiary/aromatic N) is 1. The Bertz CT molecular complexity index is 520. The first-order valence-electron chi connectivity index (χ1n) is 5.65. The van der Waals surface area contributed by atoms with Gasteiger partial charge in [0.2, 0.25) is 0 Å². The Morgan fingerprint density at radius 3 is 2.56 bits per heavy atom. The molecule has 2 heterocycles. The first-order chi connectivity index (χ1) is 7.50. The molecule has 2 heteroatoms. The van der Waals surface area contributed by atoms with Gasteiger partial charge in [-0.05, 0) is 17.1 Å². The summed E-state index contributed by atoms with van der Waals surface area (Å²) in [6, 6.07) is 8.17. The normalized spacial score (nSPS) is 18.4. The molecule has 0 fully saturated rings.